The van der Waals surface area contributed by atoms with Crippen molar-refractivity contribution in [3.05, 3.63) is 29.3 Å². The molecule has 1 aromatic carbocycles. The van der Waals surface area contributed by atoms with E-state index in [0.29, 0.717) is 12.2 Å². The van der Waals surface area contributed by atoms with Gasteiger partial charge < -0.3 is 9.47 Å². The molecule has 16 heavy (non-hydrogen) atoms. The number of methoxy groups -OCH3 is 1. The zero-order valence-electron chi connectivity index (χ0n) is 10.3. The standard InChI is InChI=1S/C14H20O2/c1-4-11-5-7-14(15-3)12(9-11)6-8-13-10(2)16-13/h5,7,9-10,13H,4,6,8H2,1-3H3. The topological polar surface area (TPSA) is 21.8 Å². The van der Waals surface area contributed by atoms with Gasteiger partial charge in [0, 0.05) is 0 Å². The van der Waals surface area contributed by atoms with Gasteiger partial charge >= 0.3 is 0 Å². The number of hydrogen-bond acceptors (Lipinski definition) is 2. The van der Waals surface area contributed by atoms with Gasteiger partial charge in [-0.25, -0.2) is 0 Å². The van der Waals surface area contributed by atoms with Gasteiger partial charge in [-0.05, 0) is 43.4 Å². The van der Waals surface area contributed by atoms with E-state index in [1.165, 1.54) is 11.1 Å². The van der Waals surface area contributed by atoms with Crippen LogP contribution < -0.4 is 4.74 Å². The van der Waals surface area contributed by atoms with Gasteiger partial charge in [-0.1, -0.05) is 19.1 Å². The van der Waals surface area contributed by atoms with Crippen molar-refractivity contribution < 1.29 is 9.47 Å². The zero-order valence-corrected chi connectivity index (χ0v) is 10.3. The normalized spacial score (nSPS) is 23.2. The van der Waals surface area contributed by atoms with E-state index < -0.39 is 0 Å². The molecule has 1 fully saturated rings. The average Bonchev–Trinajstić information content (AvgIpc) is 3.02. The van der Waals surface area contributed by atoms with Gasteiger partial charge in [0.15, 0.2) is 0 Å². The van der Waals surface area contributed by atoms with Crippen LogP contribution in [-0.4, -0.2) is 19.3 Å². The molecule has 0 spiro atoms. The van der Waals surface area contributed by atoms with Gasteiger partial charge in [0.05, 0.1) is 19.3 Å². The van der Waals surface area contributed by atoms with Crippen molar-refractivity contribution in [2.45, 2.75) is 45.3 Å². The number of epoxide rings is 1. The summed E-state index contributed by atoms with van der Waals surface area (Å²) in [5, 5.41) is 0. The summed E-state index contributed by atoms with van der Waals surface area (Å²) in [6, 6.07) is 6.47. The second-order valence-corrected chi connectivity index (χ2v) is 4.42. The second-order valence-electron chi connectivity index (χ2n) is 4.42. The van der Waals surface area contributed by atoms with Crippen molar-refractivity contribution in [3.63, 3.8) is 0 Å². The van der Waals surface area contributed by atoms with E-state index in [0.717, 1.165) is 25.0 Å². The minimum atomic E-state index is 0.459. The molecule has 1 aliphatic rings. The predicted molar refractivity (Wildman–Crippen MR) is 65.0 cm³/mol. The van der Waals surface area contributed by atoms with Crippen LogP contribution in [0.15, 0.2) is 18.2 Å². The Balaban J connectivity index is 2.04. The van der Waals surface area contributed by atoms with Crippen LogP contribution in [0.5, 0.6) is 5.75 Å². The third kappa shape index (κ3) is 2.56. The molecule has 2 atom stereocenters. The van der Waals surface area contributed by atoms with Crippen LogP contribution in [0.1, 0.15) is 31.4 Å². The van der Waals surface area contributed by atoms with Gasteiger partial charge in [-0.3, -0.25) is 0 Å². The predicted octanol–water partition coefficient (Wildman–Crippen LogP) is 2.98. The molecule has 2 heteroatoms. The Hall–Kier alpha value is -1.02. The molecule has 0 N–H and O–H groups in total. The van der Waals surface area contributed by atoms with Gasteiger partial charge in [0.1, 0.15) is 5.75 Å². The Morgan fingerprint density at radius 3 is 2.69 bits per heavy atom. The maximum Gasteiger partial charge on any atom is 0.122 e. The Bertz CT molecular complexity index is 360. The van der Waals surface area contributed by atoms with E-state index in [9.17, 15) is 0 Å². The monoisotopic (exact) mass is 220 g/mol. The van der Waals surface area contributed by atoms with Crippen LogP contribution >= 0.6 is 0 Å². The van der Waals surface area contributed by atoms with E-state index in [1.807, 2.05) is 0 Å². The minimum Gasteiger partial charge on any atom is -0.496 e. The molecule has 0 amide bonds. The first-order chi connectivity index (χ1) is 7.74. The quantitative estimate of drug-likeness (QED) is 0.712. The molecule has 0 saturated carbocycles. The molecule has 2 rings (SSSR count). The van der Waals surface area contributed by atoms with Crippen LogP contribution in [0.3, 0.4) is 0 Å². The second kappa shape index (κ2) is 4.88. The number of benzene rings is 1. The fourth-order valence-electron chi connectivity index (χ4n) is 2.08. The molecule has 0 radical (unpaired) electrons. The van der Waals surface area contributed by atoms with Gasteiger partial charge in [-0.15, -0.1) is 0 Å². The average molecular weight is 220 g/mol. The zero-order chi connectivity index (χ0) is 11.5. The molecule has 2 nitrogen and oxygen atoms in total. The third-order valence-electron chi connectivity index (χ3n) is 3.29. The van der Waals surface area contributed by atoms with E-state index in [1.54, 1.807) is 7.11 Å². The van der Waals surface area contributed by atoms with E-state index >= 15 is 0 Å². The number of hydrogen-bond donors (Lipinski definition) is 0. The minimum absolute atomic E-state index is 0.459. The smallest absolute Gasteiger partial charge is 0.122 e. The van der Waals surface area contributed by atoms with Gasteiger partial charge in [-0.2, -0.15) is 0 Å². The number of aryl methyl sites for hydroxylation is 2. The number of rotatable bonds is 5. The van der Waals surface area contributed by atoms with E-state index in [4.69, 9.17) is 9.47 Å². The molecular weight excluding hydrogens is 200 g/mol. The molecule has 1 heterocycles. The van der Waals surface area contributed by atoms with Gasteiger partial charge in [0.25, 0.3) is 0 Å². The SMILES string of the molecule is CCc1ccc(OC)c(CCC2OC2C)c1. The lowest BCUT2D eigenvalue weighted by Crippen LogP contribution is -1.98. The summed E-state index contributed by atoms with van der Waals surface area (Å²) in [6.45, 7) is 4.31. The summed E-state index contributed by atoms with van der Waals surface area (Å²) in [6.07, 6.45) is 4.15. The first kappa shape index (κ1) is 11.5. The van der Waals surface area contributed by atoms with Crippen LogP contribution in [0.2, 0.25) is 0 Å². The fourth-order valence-corrected chi connectivity index (χ4v) is 2.08. The largest absolute Gasteiger partial charge is 0.496 e. The fraction of sp³-hybridized carbons (Fsp3) is 0.571. The third-order valence-corrected chi connectivity index (χ3v) is 3.29. The van der Waals surface area contributed by atoms with Crippen molar-refractivity contribution in [1.29, 1.82) is 0 Å². The Morgan fingerprint density at radius 1 is 1.38 bits per heavy atom. The van der Waals surface area contributed by atoms with Crippen LogP contribution in [-0.2, 0) is 17.6 Å². The molecule has 88 valence electrons. The Kier molecular flexibility index (Phi) is 3.49. The van der Waals surface area contributed by atoms with Crippen molar-refractivity contribution in [3.8, 4) is 5.75 Å². The van der Waals surface area contributed by atoms with Crippen molar-refractivity contribution in [2.75, 3.05) is 7.11 Å². The maximum atomic E-state index is 5.43. The summed E-state index contributed by atoms with van der Waals surface area (Å²) >= 11 is 0. The lowest BCUT2D eigenvalue weighted by Gasteiger charge is -2.09. The summed E-state index contributed by atoms with van der Waals surface area (Å²) < 4.78 is 10.8. The van der Waals surface area contributed by atoms with E-state index in [2.05, 4.69) is 32.0 Å². The van der Waals surface area contributed by atoms with Crippen LogP contribution in [0, 0.1) is 0 Å². The molecule has 1 aromatic rings. The summed E-state index contributed by atoms with van der Waals surface area (Å²) in [5.41, 5.74) is 2.69. The molecule has 1 aliphatic heterocycles. The molecule has 0 aromatic heterocycles. The summed E-state index contributed by atoms with van der Waals surface area (Å²) in [7, 11) is 1.74. The maximum absolute atomic E-state index is 5.43. The van der Waals surface area contributed by atoms with Crippen molar-refractivity contribution in [2.24, 2.45) is 0 Å². The Morgan fingerprint density at radius 2 is 2.12 bits per heavy atom. The van der Waals surface area contributed by atoms with Crippen LogP contribution in [0.25, 0.3) is 0 Å². The lowest BCUT2D eigenvalue weighted by molar-refractivity contribution is 0.368. The first-order valence-electron chi connectivity index (χ1n) is 6.05. The summed E-state index contributed by atoms with van der Waals surface area (Å²) in [4.78, 5) is 0. The molecule has 1 saturated heterocycles. The first-order valence-corrected chi connectivity index (χ1v) is 6.05. The Labute approximate surface area is 97.6 Å². The van der Waals surface area contributed by atoms with Crippen molar-refractivity contribution >= 4 is 0 Å². The molecule has 2 unspecified atom stereocenters. The molecule has 0 aliphatic carbocycles. The highest BCUT2D eigenvalue weighted by molar-refractivity contribution is 5.37. The highest BCUT2D eigenvalue weighted by Crippen LogP contribution is 2.28. The summed E-state index contributed by atoms with van der Waals surface area (Å²) in [5.74, 6) is 1.01. The highest BCUT2D eigenvalue weighted by atomic mass is 16.6. The van der Waals surface area contributed by atoms with Crippen molar-refractivity contribution in [1.82, 2.24) is 0 Å². The van der Waals surface area contributed by atoms with Crippen LogP contribution in [0.4, 0.5) is 0 Å². The lowest BCUT2D eigenvalue weighted by atomic mass is 10.0. The highest BCUT2D eigenvalue weighted by Gasteiger charge is 2.33. The molecular formula is C14H20O2. The van der Waals surface area contributed by atoms with Gasteiger partial charge in [0.2, 0.25) is 0 Å². The van der Waals surface area contributed by atoms with E-state index in [-0.39, 0.29) is 0 Å². The molecule has 0 bridgehead atoms. The number of ether oxygens (including phenoxy) is 2.